The minimum atomic E-state index is -3.74. The van der Waals surface area contributed by atoms with E-state index in [1.165, 1.54) is 19.1 Å². The highest BCUT2D eigenvalue weighted by Crippen LogP contribution is 2.46. The fourth-order valence-electron chi connectivity index (χ4n) is 2.70. The van der Waals surface area contributed by atoms with Crippen molar-refractivity contribution in [1.82, 2.24) is 10.0 Å². The maximum Gasteiger partial charge on any atom is 0.241 e. The van der Waals surface area contributed by atoms with Crippen LogP contribution in [-0.4, -0.2) is 20.4 Å². The normalized spacial score (nSPS) is 16.9. The molecule has 132 valence electrons. The number of carbonyl (C=O) groups excluding carboxylic acids is 1. The molecule has 0 aliphatic heterocycles. The van der Waals surface area contributed by atoms with Crippen molar-refractivity contribution in [3.63, 3.8) is 0 Å². The smallest absolute Gasteiger partial charge is 0.241 e. The molecule has 2 aromatic rings. The summed E-state index contributed by atoms with van der Waals surface area (Å²) in [5.41, 5.74) is 0.487. The predicted octanol–water partition coefficient (Wildman–Crippen LogP) is 2.81. The van der Waals surface area contributed by atoms with Crippen molar-refractivity contribution >= 4 is 27.5 Å². The Morgan fingerprint density at radius 1 is 1.12 bits per heavy atom. The first-order chi connectivity index (χ1) is 11.8. The second-order valence-electron chi connectivity index (χ2n) is 6.24. The number of rotatable bonds is 6. The lowest BCUT2D eigenvalue weighted by Gasteiger charge is -2.21. The van der Waals surface area contributed by atoms with Crippen LogP contribution in [0.15, 0.2) is 59.5 Å². The summed E-state index contributed by atoms with van der Waals surface area (Å²) < 4.78 is 27.1. The molecule has 0 aromatic heterocycles. The van der Waals surface area contributed by atoms with Crippen LogP contribution in [0.5, 0.6) is 0 Å². The SMILES string of the molecule is CC(NS(=O)(=O)c1ccccc1)C(=O)NC1(c2cccc(Cl)c2)CC1. The third-order valence-electron chi connectivity index (χ3n) is 4.27. The first kappa shape index (κ1) is 17.9. The summed E-state index contributed by atoms with van der Waals surface area (Å²) in [5, 5.41) is 3.57. The Kier molecular flexibility index (Phi) is 4.86. The molecule has 1 unspecified atom stereocenters. The Bertz CT molecular complexity index is 880. The summed E-state index contributed by atoms with van der Waals surface area (Å²) in [5.74, 6) is -0.364. The largest absolute Gasteiger partial charge is 0.345 e. The zero-order valence-corrected chi connectivity index (χ0v) is 15.3. The van der Waals surface area contributed by atoms with Gasteiger partial charge in [-0.05, 0) is 49.6 Å². The highest BCUT2D eigenvalue weighted by Gasteiger charge is 2.46. The van der Waals surface area contributed by atoms with E-state index in [0.29, 0.717) is 5.02 Å². The lowest BCUT2D eigenvalue weighted by molar-refractivity contribution is -0.123. The molecule has 2 N–H and O–H groups in total. The van der Waals surface area contributed by atoms with E-state index in [1.807, 2.05) is 18.2 Å². The maximum atomic E-state index is 12.5. The minimum Gasteiger partial charge on any atom is -0.345 e. The Labute approximate surface area is 152 Å². The second kappa shape index (κ2) is 6.78. The quantitative estimate of drug-likeness (QED) is 0.811. The van der Waals surface area contributed by atoms with Crippen LogP contribution in [0.25, 0.3) is 0 Å². The van der Waals surface area contributed by atoms with Crippen LogP contribution in [-0.2, 0) is 20.4 Å². The molecule has 2 aromatic carbocycles. The van der Waals surface area contributed by atoms with Crippen molar-refractivity contribution in [3.05, 3.63) is 65.2 Å². The van der Waals surface area contributed by atoms with Gasteiger partial charge in [-0.3, -0.25) is 4.79 Å². The van der Waals surface area contributed by atoms with Crippen LogP contribution >= 0.6 is 11.6 Å². The van der Waals surface area contributed by atoms with Crippen LogP contribution < -0.4 is 10.0 Å². The molecule has 0 spiro atoms. The van der Waals surface area contributed by atoms with E-state index in [-0.39, 0.29) is 10.8 Å². The fourth-order valence-corrected chi connectivity index (χ4v) is 4.11. The average molecular weight is 379 g/mol. The average Bonchev–Trinajstić information content (AvgIpc) is 3.36. The van der Waals surface area contributed by atoms with Crippen molar-refractivity contribution < 1.29 is 13.2 Å². The zero-order chi connectivity index (χ0) is 18.1. The van der Waals surface area contributed by atoms with Gasteiger partial charge < -0.3 is 5.32 Å². The Morgan fingerprint density at radius 3 is 2.40 bits per heavy atom. The molecule has 1 amide bonds. The number of halogens is 1. The Balaban J connectivity index is 1.69. The highest BCUT2D eigenvalue weighted by molar-refractivity contribution is 7.89. The van der Waals surface area contributed by atoms with Crippen molar-refractivity contribution in [3.8, 4) is 0 Å². The molecule has 0 bridgehead atoms. The molecular weight excluding hydrogens is 360 g/mol. The number of amides is 1. The molecule has 1 atom stereocenters. The minimum absolute atomic E-state index is 0.130. The lowest BCUT2D eigenvalue weighted by atomic mass is 10.0. The molecule has 25 heavy (non-hydrogen) atoms. The number of hydrogen-bond donors (Lipinski definition) is 2. The number of sulfonamides is 1. The standard InChI is InChI=1S/C18H19ClN2O3S/c1-13(21-25(23,24)16-8-3-2-4-9-16)17(22)20-18(10-11-18)14-6-5-7-15(19)12-14/h2-9,12-13,21H,10-11H2,1H3,(H,20,22). The van der Waals surface area contributed by atoms with E-state index in [1.54, 1.807) is 24.3 Å². The van der Waals surface area contributed by atoms with E-state index in [2.05, 4.69) is 10.0 Å². The number of nitrogens with one attached hydrogen (secondary N) is 2. The third kappa shape index (κ3) is 4.03. The Hall–Kier alpha value is -1.89. The summed E-state index contributed by atoms with van der Waals surface area (Å²) in [7, 11) is -3.74. The van der Waals surface area contributed by atoms with Crippen molar-refractivity contribution in [2.75, 3.05) is 0 Å². The molecule has 7 heteroatoms. The van der Waals surface area contributed by atoms with Gasteiger partial charge >= 0.3 is 0 Å². The van der Waals surface area contributed by atoms with E-state index < -0.39 is 21.6 Å². The molecule has 0 heterocycles. The molecule has 1 fully saturated rings. The zero-order valence-electron chi connectivity index (χ0n) is 13.7. The summed E-state index contributed by atoms with van der Waals surface area (Å²) in [6.07, 6.45) is 1.61. The van der Waals surface area contributed by atoms with Crippen LogP contribution in [0.1, 0.15) is 25.3 Å². The van der Waals surface area contributed by atoms with Gasteiger partial charge in [0.25, 0.3) is 0 Å². The van der Waals surface area contributed by atoms with Gasteiger partial charge in [0.2, 0.25) is 15.9 Å². The molecule has 3 rings (SSSR count). The molecule has 1 saturated carbocycles. The lowest BCUT2D eigenvalue weighted by Crippen LogP contribution is -2.48. The van der Waals surface area contributed by atoms with Gasteiger partial charge in [0.1, 0.15) is 0 Å². The summed E-state index contributed by atoms with van der Waals surface area (Å²) >= 11 is 6.03. The van der Waals surface area contributed by atoms with Crippen molar-refractivity contribution in [2.45, 2.75) is 36.2 Å². The van der Waals surface area contributed by atoms with Gasteiger partial charge in [0.15, 0.2) is 0 Å². The molecule has 5 nitrogen and oxygen atoms in total. The van der Waals surface area contributed by atoms with E-state index in [9.17, 15) is 13.2 Å². The van der Waals surface area contributed by atoms with Gasteiger partial charge in [-0.2, -0.15) is 4.72 Å². The van der Waals surface area contributed by atoms with E-state index in [0.717, 1.165) is 18.4 Å². The van der Waals surface area contributed by atoms with Crippen LogP contribution in [0, 0.1) is 0 Å². The van der Waals surface area contributed by atoms with Crippen LogP contribution in [0.4, 0.5) is 0 Å². The highest BCUT2D eigenvalue weighted by atomic mass is 35.5. The number of benzene rings is 2. The van der Waals surface area contributed by atoms with Gasteiger partial charge in [0, 0.05) is 5.02 Å². The van der Waals surface area contributed by atoms with Crippen molar-refractivity contribution in [2.24, 2.45) is 0 Å². The van der Waals surface area contributed by atoms with Gasteiger partial charge in [0.05, 0.1) is 16.5 Å². The topological polar surface area (TPSA) is 75.3 Å². The van der Waals surface area contributed by atoms with Gasteiger partial charge in [-0.15, -0.1) is 0 Å². The Morgan fingerprint density at radius 2 is 1.80 bits per heavy atom. The number of carbonyl (C=O) groups is 1. The first-order valence-corrected chi connectivity index (χ1v) is 9.84. The molecule has 1 aliphatic rings. The van der Waals surface area contributed by atoms with Crippen LogP contribution in [0.3, 0.4) is 0 Å². The van der Waals surface area contributed by atoms with E-state index >= 15 is 0 Å². The summed E-state index contributed by atoms with van der Waals surface area (Å²) in [6.45, 7) is 1.53. The van der Waals surface area contributed by atoms with Crippen molar-refractivity contribution in [1.29, 1.82) is 0 Å². The molecule has 0 radical (unpaired) electrons. The second-order valence-corrected chi connectivity index (χ2v) is 8.39. The summed E-state index contributed by atoms with van der Waals surface area (Å²) in [4.78, 5) is 12.6. The van der Waals surface area contributed by atoms with E-state index in [4.69, 9.17) is 11.6 Å². The molecule has 1 aliphatic carbocycles. The van der Waals surface area contributed by atoms with Crippen LogP contribution in [0.2, 0.25) is 5.02 Å². The van der Waals surface area contributed by atoms with Gasteiger partial charge in [-0.25, -0.2) is 8.42 Å². The number of hydrogen-bond acceptors (Lipinski definition) is 3. The fraction of sp³-hybridized carbons (Fsp3) is 0.278. The van der Waals surface area contributed by atoms with Gasteiger partial charge in [-0.1, -0.05) is 41.9 Å². The molecule has 0 saturated heterocycles. The predicted molar refractivity (Wildman–Crippen MR) is 96.7 cm³/mol. The monoisotopic (exact) mass is 378 g/mol. The maximum absolute atomic E-state index is 12.5. The summed E-state index contributed by atoms with van der Waals surface area (Å²) in [6, 6.07) is 14.5. The first-order valence-electron chi connectivity index (χ1n) is 7.98. The molecular formula is C18H19ClN2O3S. The third-order valence-corrected chi connectivity index (χ3v) is 6.06.